The first-order chi connectivity index (χ1) is 14.6. The molecule has 1 fully saturated rings. The van der Waals surface area contributed by atoms with Crippen LogP contribution in [0, 0.1) is 0 Å². The average Bonchev–Trinajstić information content (AvgIpc) is 3.46. The molecule has 0 spiro atoms. The minimum absolute atomic E-state index is 0.505. The molecule has 0 bridgehead atoms. The fraction of sp³-hybridized carbons (Fsp3) is 0.333. The van der Waals surface area contributed by atoms with Crippen molar-refractivity contribution in [3.8, 4) is 10.7 Å². The quantitative estimate of drug-likeness (QED) is 0.530. The Bertz CT molecular complexity index is 1050. The SMILES string of the molecule is O=S(=O)(/C=C/c1ccccc1)N1CCN(CCCc2nc(-c3cccs3)no2)CC1. The highest BCUT2D eigenvalue weighted by Crippen LogP contribution is 2.21. The van der Waals surface area contributed by atoms with Gasteiger partial charge >= 0.3 is 0 Å². The second-order valence-corrected chi connectivity index (χ2v) is 9.86. The lowest BCUT2D eigenvalue weighted by atomic mass is 10.2. The molecule has 0 amide bonds. The first kappa shape index (κ1) is 20.9. The van der Waals surface area contributed by atoms with Crippen LogP contribution in [0.1, 0.15) is 17.9 Å². The maximum atomic E-state index is 12.6. The van der Waals surface area contributed by atoms with E-state index in [0.29, 0.717) is 24.8 Å². The molecule has 1 aliphatic heterocycles. The third-order valence-corrected chi connectivity index (χ3v) is 7.43. The fourth-order valence-corrected chi connectivity index (χ4v) is 5.16. The van der Waals surface area contributed by atoms with Crippen LogP contribution in [-0.4, -0.2) is 60.5 Å². The zero-order valence-electron chi connectivity index (χ0n) is 16.6. The van der Waals surface area contributed by atoms with Crippen molar-refractivity contribution in [2.45, 2.75) is 12.8 Å². The van der Waals surface area contributed by atoms with Gasteiger partial charge in [0.1, 0.15) is 0 Å². The number of aryl methyl sites for hydroxylation is 1. The Morgan fingerprint density at radius 3 is 2.60 bits per heavy atom. The summed E-state index contributed by atoms with van der Waals surface area (Å²) in [6.45, 7) is 3.34. The third kappa shape index (κ3) is 5.42. The van der Waals surface area contributed by atoms with Crippen LogP contribution < -0.4 is 0 Å². The summed E-state index contributed by atoms with van der Waals surface area (Å²) < 4.78 is 32.0. The summed E-state index contributed by atoms with van der Waals surface area (Å²) in [6.07, 6.45) is 3.26. The van der Waals surface area contributed by atoms with E-state index >= 15 is 0 Å². The predicted octanol–water partition coefficient (Wildman–Crippen LogP) is 3.35. The lowest BCUT2D eigenvalue weighted by Gasteiger charge is -2.33. The normalized spacial score (nSPS) is 16.4. The van der Waals surface area contributed by atoms with Gasteiger partial charge in [0.25, 0.3) is 0 Å². The molecule has 7 nitrogen and oxygen atoms in total. The fourth-order valence-electron chi connectivity index (χ4n) is 3.34. The van der Waals surface area contributed by atoms with E-state index in [1.807, 2.05) is 47.8 Å². The van der Waals surface area contributed by atoms with E-state index in [0.717, 1.165) is 42.9 Å². The van der Waals surface area contributed by atoms with Gasteiger partial charge in [-0.15, -0.1) is 11.3 Å². The van der Waals surface area contributed by atoms with Gasteiger partial charge in [0.05, 0.1) is 4.88 Å². The Labute approximate surface area is 180 Å². The van der Waals surface area contributed by atoms with Gasteiger partial charge in [-0.3, -0.25) is 0 Å². The molecule has 4 rings (SSSR count). The molecular weight excluding hydrogens is 420 g/mol. The van der Waals surface area contributed by atoms with Crippen LogP contribution in [0.15, 0.2) is 57.8 Å². The topological polar surface area (TPSA) is 79.5 Å². The molecule has 9 heteroatoms. The minimum atomic E-state index is -3.39. The molecule has 0 atom stereocenters. The van der Waals surface area contributed by atoms with Crippen molar-refractivity contribution in [1.29, 1.82) is 0 Å². The van der Waals surface area contributed by atoms with Crippen molar-refractivity contribution in [3.05, 3.63) is 64.7 Å². The second-order valence-electron chi connectivity index (χ2n) is 7.09. The van der Waals surface area contributed by atoms with Gasteiger partial charge in [-0.1, -0.05) is 41.6 Å². The molecule has 0 N–H and O–H groups in total. The van der Waals surface area contributed by atoms with Crippen molar-refractivity contribution in [3.63, 3.8) is 0 Å². The molecule has 1 aromatic carbocycles. The van der Waals surface area contributed by atoms with Crippen LogP contribution in [0.2, 0.25) is 0 Å². The van der Waals surface area contributed by atoms with Crippen molar-refractivity contribution in [2.75, 3.05) is 32.7 Å². The molecule has 158 valence electrons. The molecule has 3 heterocycles. The summed E-state index contributed by atoms with van der Waals surface area (Å²) in [5.74, 6) is 1.29. The number of sulfonamides is 1. The number of hydrogen-bond donors (Lipinski definition) is 0. The summed E-state index contributed by atoms with van der Waals surface area (Å²) in [6, 6.07) is 13.4. The Morgan fingerprint density at radius 2 is 1.87 bits per heavy atom. The van der Waals surface area contributed by atoms with E-state index in [4.69, 9.17) is 4.52 Å². The smallest absolute Gasteiger partial charge is 0.236 e. The van der Waals surface area contributed by atoms with Crippen LogP contribution in [0.4, 0.5) is 0 Å². The molecule has 0 saturated carbocycles. The lowest BCUT2D eigenvalue weighted by molar-refractivity contribution is 0.186. The van der Waals surface area contributed by atoms with Gasteiger partial charge in [-0.2, -0.15) is 9.29 Å². The Hall–Kier alpha value is -2.33. The average molecular weight is 445 g/mol. The van der Waals surface area contributed by atoms with E-state index in [2.05, 4.69) is 15.0 Å². The second kappa shape index (κ2) is 9.65. The largest absolute Gasteiger partial charge is 0.339 e. The van der Waals surface area contributed by atoms with E-state index in [9.17, 15) is 8.42 Å². The first-order valence-corrected chi connectivity index (χ1v) is 12.3. The Kier molecular flexibility index (Phi) is 6.73. The Balaban J connectivity index is 1.21. The highest BCUT2D eigenvalue weighted by molar-refractivity contribution is 7.92. The summed E-state index contributed by atoms with van der Waals surface area (Å²) in [5, 5.41) is 7.32. The van der Waals surface area contributed by atoms with Crippen LogP contribution in [0.25, 0.3) is 16.8 Å². The maximum absolute atomic E-state index is 12.6. The van der Waals surface area contributed by atoms with Gasteiger partial charge in [-0.05, 0) is 36.1 Å². The van der Waals surface area contributed by atoms with Crippen LogP contribution in [-0.2, 0) is 16.4 Å². The molecule has 1 saturated heterocycles. The summed E-state index contributed by atoms with van der Waals surface area (Å²) in [7, 11) is -3.39. The zero-order valence-corrected chi connectivity index (χ0v) is 18.2. The molecule has 1 aliphatic rings. The monoisotopic (exact) mass is 444 g/mol. The standard InChI is InChI=1S/C21H24N4O3S2/c26-30(27,17-10-18-6-2-1-3-7-18)25-14-12-24(13-15-25)11-4-9-20-22-21(23-28-20)19-8-5-16-29-19/h1-3,5-8,10,16-17H,4,9,11-15H2/b17-10+. The van der Waals surface area contributed by atoms with E-state index in [1.54, 1.807) is 21.7 Å². The number of thiophene rings is 1. The number of aromatic nitrogens is 2. The maximum Gasteiger partial charge on any atom is 0.236 e. The van der Waals surface area contributed by atoms with Gasteiger partial charge in [0.15, 0.2) is 0 Å². The van der Waals surface area contributed by atoms with Crippen molar-refractivity contribution in [2.24, 2.45) is 0 Å². The molecule has 0 unspecified atom stereocenters. The van der Waals surface area contributed by atoms with Crippen LogP contribution >= 0.6 is 11.3 Å². The Morgan fingerprint density at radius 1 is 1.07 bits per heavy atom. The van der Waals surface area contributed by atoms with Gasteiger partial charge in [0.2, 0.25) is 21.7 Å². The van der Waals surface area contributed by atoms with Gasteiger partial charge in [-0.25, -0.2) is 8.42 Å². The molecule has 30 heavy (non-hydrogen) atoms. The molecule has 0 aliphatic carbocycles. The number of nitrogens with zero attached hydrogens (tertiary/aromatic N) is 4. The van der Waals surface area contributed by atoms with Crippen molar-refractivity contribution in [1.82, 2.24) is 19.3 Å². The summed E-state index contributed by atoms with van der Waals surface area (Å²) in [5.41, 5.74) is 0.878. The van der Waals surface area contributed by atoms with Crippen molar-refractivity contribution >= 4 is 27.4 Å². The van der Waals surface area contributed by atoms with E-state index in [1.165, 1.54) is 5.41 Å². The predicted molar refractivity (Wildman–Crippen MR) is 118 cm³/mol. The first-order valence-electron chi connectivity index (χ1n) is 9.92. The lowest BCUT2D eigenvalue weighted by Crippen LogP contribution is -2.48. The number of benzene rings is 1. The molecular formula is C21H24N4O3S2. The van der Waals surface area contributed by atoms with E-state index in [-0.39, 0.29) is 0 Å². The highest BCUT2D eigenvalue weighted by Gasteiger charge is 2.24. The zero-order chi connectivity index (χ0) is 20.8. The van der Waals surface area contributed by atoms with Crippen LogP contribution in [0.3, 0.4) is 0 Å². The van der Waals surface area contributed by atoms with Crippen molar-refractivity contribution < 1.29 is 12.9 Å². The molecule has 0 radical (unpaired) electrons. The number of piperazine rings is 1. The van der Waals surface area contributed by atoms with Gasteiger partial charge < -0.3 is 9.42 Å². The highest BCUT2D eigenvalue weighted by atomic mass is 32.2. The number of hydrogen-bond acceptors (Lipinski definition) is 7. The van der Waals surface area contributed by atoms with Gasteiger partial charge in [0, 0.05) is 38.0 Å². The van der Waals surface area contributed by atoms with Crippen LogP contribution in [0.5, 0.6) is 0 Å². The molecule has 2 aromatic heterocycles. The minimum Gasteiger partial charge on any atom is -0.339 e. The summed E-state index contributed by atoms with van der Waals surface area (Å²) >= 11 is 1.59. The molecule has 3 aromatic rings. The number of rotatable bonds is 8. The summed E-state index contributed by atoms with van der Waals surface area (Å²) in [4.78, 5) is 7.73. The van der Waals surface area contributed by atoms with E-state index < -0.39 is 10.0 Å². The third-order valence-electron chi connectivity index (χ3n) is 5.00.